The first kappa shape index (κ1) is 25.0. The summed E-state index contributed by atoms with van der Waals surface area (Å²) in [7, 11) is 0. The third kappa shape index (κ3) is 6.94. The van der Waals surface area contributed by atoms with E-state index in [1.807, 2.05) is 26.0 Å². The summed E-state index contributed by atoms with van der Waals surface area (Å²) >= 11 is 0. The van der Waals surface area contributed by atoms with Gasteiger partial charge < -0.3 is 39.4 Å². The lowest BCUT2D eigenvalue weighted by Gasteiger charge is -2.14. The van der Waals surface area contributed by atoms with Crippen LogP contribution in [0.25, 0.3) is 0 Å². The lowest BCUT2D eigenvalue weighted by Crippen LogP contribution is -2.10. The highest BCUT2D eigenvalue weighted by atomic mass is 16.6. The van der Waals surface area contributed by atoms with E-state index in [-0.39, 0.29) is 62.6 Å². The molecule has 0 radical (unpaired) electrons. The van der Waals surface area contributed by atoms with Crippen molar-refractivity contribution in [2.24, 2.45) is 0 Å². The zero-order chi connectivity index (χ0) is 24.5. The van der Waals surface area contributed by atoms with Crippen molar-refractivity contribution in [3.8, 4) is 34.5 Å². The van der Waals surface area contributed by atoms with Crippen molar-refractivity contribution in [2.45, 2.75) is 27.1 Å². The van der Waals surface area contributed by atoms with E-state index >= 15 is 0 Å². The molecule has 8 heteroatoms. The van der Waals surface area contributed by atoms with Gasteiger partial charge in [0.25, 0.3) is 0 Å². The van der Waals surface area contributed by atoms with Crippen LogP contribution in [0.5, 0.6) is 34.5 Å². The molecule has 0 aromatic heterocycles. The van der Waals surface area contributed by atoms with E-state index in [1.54, 1.807) is 24.3 Å². The number of hydrogen-bond donors (Lipinski definition) is 4. The van der Waals surface area contributed by atoms with Gasteiger partial charge >= 0.3 is 0 Å². The molecule has 3 rings (SSSR count). The number of rotatable bonds is 12. The van der Waals surface area contributed by atoms with Crippen LogP contribution >= 0.6 is 0 Å². The fourth-order valence-corrected chi connectivity index (χ4v) is 3.36. The van der Waals surface area contributed by atoms with Crippen molar-refractivity contribution in [3.05, 3.63) is 70.8 Å². The Hall–Kier alpha value is -3.62. The van der Waals surface area contributed by atoms with Crippen LogP contribution in [0.4, 0.5) is 0 Å². The summed E-state index contributed by atoms with van der Waals surface area (Å²) in [6.07, 6.45) is 0. The summed E-state index contributed by atoms with van der Waals surface area (Å²) in [5, 5.41) is 39.2. The predicted molar refractivity (Wildman–Crippen MR) is 126 cm³/mol. The number of benzene rings is 3. The van der Waals surface area contributed by atoms with Crippen molar-refractivity contribution >= 4 is 0 Å². The fourth-order valence-electron chi connectivity index (χ4n) is 3.36. The van der Waals surface area contributed by atoms with Crippen molar-refractivity contribution in [3.63, 3.8) is 0 Å². The topological polar surface area (TPSA) is 118 Å². The quantitative estimate of drug-likeness (QED) is 0.228. The minimum Gasteiger partial charge on any atom is -0.504 e. The average Bonchev–Trinajstić information content (AvgIpc) is 2.80. The van der Waals surface area contributed by atoms with E-state index in [0.717, 1.165) is 11.1 Å². The largest absolute Gasteiger partial charge is 0.504 e. The van der Waals surface area contributed by atoms with Crippen LogP contribution in [-0.4, -0.2) is 46.9 Å². The van der Waals surface area contributed by atoms with Crippen LogP contribution < -0.4 is 9.47 Å². The molecule has 0 aliphatic carbocycles. The number of phenols is 4. The van der Waals surface area contributed by atoms with Gasteiger partial charge in [0, 0.05) is 11.1 Å². The van der Waals surface area contributed by atoms with E-state index in [0.29, 0.717) is 22.6 Å². The Morgan fingerprint density at radius 3 is 1.41 bits per heavy atom. The van der Waals surface area contributed by atoms with Gasteiger partial charge in [0.05, 0.1) is 26.4 Å². The lowest BCUT2D eigenvalue weighted by molar-refractivity contribution is 0.0792. The molecule has 8 nitrogen and oxygen atoms in total. The number of phenolic OH excluding ortho intramolecular Hbond substituents is 4. The molecule has 0 fully saturated rings. The zero-order valence-corrected chi connectivity index (χ0v) is 19.3. The molecule has 182 valence electrons. The monoisotopic (exact) mass is 470 g/mol. The molecule has 0 bridgehead atoms. The highest BCUT2D eigenvalue weighted by molar-refractivity contribution is 5.47. The molecule has 0 saturated carbocycles. The summed E-state index contributed by atoms with van der Waals surface area (Å²) in [5.74, 6) is 0.424. The number of aromatic hydroxyl groups is 4. The molecule has 0 heterocycles. The summed E-state index contributed by atoms with van der Waals surface area (Å²) in [6.45, 7) is 5.03. The Kier molecular flexibility index (Phi) is 8.84. The Balaban J connectivity index is 1.40. The van der Waals surface area contributed by atoms with Gasteiger partial charge in [0.1, 0.15) is 13.2 Å². The second kappa shape index (κ2) is 12.0. The van der Waals surface area contributed by atoms with Crippen LogP contribution in [0.1, 0.15) is 22.3 Å². The normalized spacial score (nSPS) is 10.9. The van der Waals surface area contributed by atoms with Gasteiger partial charge in [0.2, 0.25) is 0 Å². The van der Waals surface area contributed by atoms with Gasteiger partial charge in [-0.25, -0.2) is 0 Å². The number of aryl methyl sites for hydroxylation is 2. The van der Waals surface area contributed by atoms with Gasteiger partial charge in [-0.1, -0.05) is 12.1 Å². The van der Waals surface area contributed by atoms with Gasteiger partial charge in [-0.2, -0.15) is 0 Å². The summed E-state index contributed by atoms with van der Waals surface area (Å²) < 4.78 is 22.6. The first-order valence-corrected chi connectivity index (χ1v) is 10.9. The van der Waals surface area contributed by atoms with Crippen molar-refractivity contribution < 1.29 is 39.4 Å². The third-order valence-corrected chi connectivity index (χ3v) is 4.96. The SMILES string of the molecule is Cc1cc(O)c(O)c(COCCOc2ccccc2OCCOCc2cc(C)cc(O)c2O)c1. The third-order valence-electron chi connectivity index (χ3n) is 4.96. The van der Waals surface area contributed by atoms with Crippen LogP contribution in [0.3, 0.4) is 0 Å². The van der Waals surface area contributed by atoms with E-state index in [4.69, 9.17) is 18.9 Å². The molecule has 4 N–H and O–H groups in total. The summed E-state index contributed by atoms with van der Waals surface area (Å²) in [5.41, 5.74) is 2.67. The smallest absolute Gasteiger partial charge is 0.163 e. The molecule has 3 aromatic carbocycles. The number of hydrogen-bond acceptors (Lipinski definition) is 8. The number of ether oxygens (including phenoxy) is 4. The van der Waals surface area contributed by atoms with E-state index in [2.05, 4.69) is 0 Å². The number of para-hydroxylation sites is 2. The molecule has 0 amide bonds. The molecule has 0 unspecified atom stereocenters. The summed E-state index contributed by atoms with van der Waals surface area (Å²) in [6, 6.07) is 13.7. The molecule has 3 aromatic rings. The van der Waals surface area contributed by atoms with Crippen LogP contribution in [0.15, 0.2) is 48.5 Å². The standard InChI is InChI=1S/C26H30O8/c1-17-11-19(25(29)21(27)13-17)15-31-7-9-33-23-5-3-4-6-24(23)34-10-8-32-16-20-12-18(2)14-22(28)26(20)30/h3-6,11-14,27-30H,7-10,15-16H2,1-2H3. The van der Waals surface area contributed by atoms with Crippen molar-refractivity contribution in [1.82, 2.24) is 0 Å². The average molecular weight is 471 g/mol. The van der Waals surface area contributed by atoms with E-state index in [1.165, 1.54) is 12.1 Å². The van der Waals surface area contributed by atoms with Crippen LogP contribution in [0.2, 0.25) is 0 Å². The molecule has 0 aliphatic heterocycles. The Morgan fingerprint density at radius 1 is 0.588 bits per heavy atom. The second-order valence-corrected chi connectivity index (χ2v) is 7.83. The predicted octanol–water partition coefficient (Wildman–Crippen LogP) is 4.32. The van der Waals surface area contributed by atoms with E-state index < -0.39 is 0 Å². The summed E-state index contributed by atoms with van der Waals surface area (Å²) in [4.78, 5) is 0. The molecule has 0 atom stereocenters. The zero-order valence-electron chi connectivity index (χ0n) is 19.3. The molecule has 0 aliphatic rings. The maximum Gasteiger partial charge on any atom is 0.163 e. The van der Waals surface area contributed by atoms with Crippen molar-refractivity contribution in [2.75, 3.05) is 26.4 Å². The fraction of sp³-hybridized carbons (Fsp3) is 0.308. The van der Waals surface area contributed by atoms with Gasteiger partial charge in [-0.05, 0) is 61.4 Å². The Bertz CT molecular complexity index is 1010. The van der Waals surface area contributed by atoms with Gasteiger partial charge in [-0.15, -0.1) is 0 Å². The molecule has 34 heavy (non-hydrogen) atoms. The highest BCUT2D eigenvalue weighted by Crippen LogP contribution is 2.32. The Morgan fingerprint density at radius 2 is 1.00 bits per heavy atom. The van der Waals surface area contributed by atoms with E-state index in [9.17, 15) is 20.4 Å². The maximum atomic E-state index is 9.90. The molecule has 0 spiro atoms. The second-order valence-electron chi connectivity index (χ2n) is 7.83. The maximum absolute atomic E-state index is 9.90. The minimum atomic E-state index is -0.179. The molecule has 0 saturated heterocycles. The molecular weight excluding hydrogens is 440 g/mol. The minimum absolute atomic E-state index is 0.147. The first-order chi connectivity index (χ1) is 16.3. The first-order valence-electron chi connectivity index (χ1n) is 10.9. The van der Waals surface area contributed by atoms with Gasteiger partial charge in [-0.3, -0.25) is 0 Å². The Labute approximate surface area is 198 Å². The molecular formula is C26H30O8. The van der Waals surface area contributed by atoms with Crippen LogP contribution in [-0.2, 0) is 22.7 Å². The van der Waals surface area contributed by atoms with Crippen LogP contribution in [0, 0.1) is 13.8 Å². The highest BCUT2D eigenvalue weighted by Gasteiger charge is 2.10. The lowest BCUT2D eigenvalue weighted by atomic mass is 10.1. The van der Waals surface area contributed by atoms with Crippen molar-refractivity contribution in [1.29, 1.82) is 0 Å². The van der Waals surface area contributed by atoms with Gasteiger partial charge in [0.15, 0.2) is 34.5 Å².